The maximum Gasteiger partial charge on any atom is 0.303 e. The number of aryl methyl sites for hydroxylation is 1. The average molecular weight is 297 g/mol. The predicted octanol–water partition coefficient (Wildman–Crippen LogP) is 1.64. The predicted molar refractivity (Wildman–Crippen MR) is 74.9 cm³/mol. The number of carboxylic acid groups (broad SMARTS) is 1. The molecule has 1 aromatic carbocycles. The molecule has 2 atom stereocenters. The summed E-state index contributed by atoms with van der Waals surface area (Å²) in [4.78, 5) is 10.7. The Morgan fingerprint density at radius 1 is 1.35 bits per heavy atom. The van der Waals surface area contributed by atoms with Crippen molar-refractivity contribution in [2.45, 2.75) is 31.1 Å². The lowest BCUT2D eigenvalue weighted by molar-refractivity contribution is -0.136. The highest BCUT2D eigenvalue weighted by Gasteiger charge is 2.33. The van der Waals surface area contributed by atoms with Crippen molar-refractivity contribution >= 4 is 16.0 Å². The van der Waals surface area contributed by atoms with Crippen molar-refractivity contribution in [3.8, 4) is 0 Å². The maximum atomic E-state index is 12.0. The van der Waals surface area contributed by atoms with Crippen molar-refractivity contribution in [3.63, 3.8) is 0 Å². The zero-order valence-electron chi connectivity index (χ0n) is 11.4. The average Bonchev–Trinajstić information content (AvgIpc) is 3.11. The number of hydrogen-bond acceptors (Lipinski definition) is 3. The van der Waals surface area contributed by atoms with Gasteiger partial charge in [-0.05, 0) is 42.4 Å². The zero-order chi connectivity index (χ0) is 14.8. The van der Waals surface area contributed by atoms with Crippen molar-refractivity contribution in [3.05, 3.63) is 29.8 Å². The summed E-state index contributed by atoms with van der Waals surface area (Å²) in [5.74, 6) is 0.206. The minimum Gasteiger partial charge on any atom is -0.481 e. The third kappa shape index (κ3) is 4.05. The van der Waals surface area contributed by atoms with E-state index in [9.17, 15) is 13.2 Å². The fourth-order valence-corrected chi connectivity index (χ4v) is 3.16. The summed E-state index contributed by atoms with van der Waals surface area (Å²) >= 11 is 0. The molecule has 1 aliphatic carbocycles. The van der Waals surface area contributed by atoms with E-state index in [1.54, 1.807) is 12.1 Å². The SMILES string of the molecule is CC1CC1CNS(=O)(=O)c1ccc(CCC(=O)O)cc1. The molecule has 0 aromatic heterocycles. The highest BCUT2D eigenvalue weighted by molar-refractivity contribution is 7.89. The molecule has 2 unspecified atom stereocenters. The molecule has 5 nitrogen and oxygen atoms in total. The van der Waals surface area contributed by atoms with Gasteiger partial charge in [-0.15, -0.1) is 0 Å². The Kier molecular flexibility index (Phi) is 4.45. The van der Waals surface area contributed by atoms with Crippen LogP contribution in [0, 0.1) is 11.8 Å². The molecular formula is C14H19NO4S. The second-order valence-corrected chi connectivity index (χ2v) is 7.13. The number of benzene rings is 1. The second-order valence-electron chi connectivity index (χ2n) is 5.36. The topological polar surface area (TPSA) is 83.5 Å². The number of sulfonamides is 1. The summed E-state index contributed by atoms with van der Waals surface area (Å²) in [5, 5.41) is 8.60. The summed E-state index contributed by atoms with van der Waals surface area (Å²) in [6.45, 7) is 2.60. The molecule has 2 rings (SSSR count). The largest absolute Gasteiger partial charge is 0.481 e. The minimum absolute atomic E-state index is 0.0456. The van der Waals surface area contributed by atoms with Gasteiger partial charge in [-0.2, -0.15) is 0 Å². The Morgan fingerprint density at radius 3 is 2.45 bits per heavy atom. The lowest BCUT2D eigenvalue weighted by Crippen LogP contribution is -2.26. The quantitative estimate of drug-likeness (QED) is 0.801. The van der Waals surface area contributed by atoms with Crippen molar-refractivity contribution < 1.29 is 18.3 Å². The highest BCUT2D eigenvalue weighted by Crippen LogP contribution is 2.37. The molecule has 0 radical (unpaired) electrons. The molecule has 2 N–H and O–H groups in total. The first-order valence-electron chi connectivity index (χ1n) is 6.69. The fraction of sp³-hybridized carbons (Fsp3) is 0.500. The van der Waals surface area contributed by atoms with Gasteiger partial charge in [0.2, 0.25) is 10.0 Å². The maximum absolute atomic E-state index is 12.0. The van der Waals surface area contributed by atoms with Gasteiger partial charge in [-0.3, -0.25) is 4.79 Å². The third-order valence-electron chi connectivity index (χ3n) is 3.67. The zero-order valence-corrected chi connectivity index (χ0v) is 12.2. The first kappa shape index (κ1) is 15.0. The Hall–Kier alpha value is -1.40. The molecule has 1 fully saturated rings. The first-order chi connectivity index (χ1) is 9.38. The Morgan fingerprint density at radius 2 is 1.95 bits per heavy atom. The molecule has 20 heavy (non-hydrogen) atoms. The van der Waals surface area contributed by atoms with E-state index in [-0.39, 0.29) is 11.3 Å². The number of carbonyl (C=O) groups is 1. The van der Waals surface area contributed by atoms with Gasteiger partial charge >= 0.3 is 5.97 Å². The van der Waals surface area contributed by atoms with E-state index in [0.717, 1.165) is 12.0 Å². The molecule has 110 valence electrons. The van der Waals surface area contributed by atoms with Gasteiger partial charge in [-0.25, -0.2) is 13.1 Å². The van der Waals surface area contributed by atoms with Crippen molar-refractivity contribution in [2.24, 2.45) is 11.8 Å². The monoisotopic (exact) mass is 297 g/mol. The molecule has 0 saturated heterocycles. The molecule has 1 aromatic rings. The molecule has 6 heteroatoms. The first-order valence-corrected chi connectivity index (χ1v) is 8.17. The van der Waals surface area contributed by atoms with Gasteiger partial charge < -0.3 is 5.11 Å². The van der Waals surface area contributed by atoms with Crippen LogP contribution in [0.3, 0.4) is 0 Å². The standard InChI is InChI=1S/C14H19NO4S/c1-10-8-12(10)9-15-20(18,19)13-5-2-11(3-6-13)4-7-14(16)17/h2-3,5-6,10,12,15H,4,7-9H2,1H3,(H,16,17). The van der Waals surface area contributed by atoms with Crippen molar-refractivity contribution in [1.29, 1.82) is 0 Å². The molecule has 1 aliphatic rings. The lowest BCUT2D eigenvalue weighted by Gasteiger charge is -2.07. The van der Waals surface area contributed by atoms with E-state index in [4.69, 9.17) is 5.11 Å². The van der Waals surface area contributed by atoms with Crippen LogP contribution < -0.4 is 4.72 Å². The van der Waals surface area contributed by atoms with Crippen LogP contribution in [0.5, 0.6) is 0 Å². The van der Waals surface area contributed by atoms with E-state index in [1.165, 1.54) is 12.1 Å². The van der Waals surface area contributed by atoms with Gasteiger partial charge in [0.15, 0.2) is 0 Å². The van der Waals surface area contributed by atoms with Crippen molar-refractivity contribution in [1.82, 2.24) is 4.72 Å². The molecule has 0 spiro atoms. The summed E-state index contributed by atoms with van der Waals surface area (Å²) in [6, 6.07) is 6.38. The van der Waals surface area contributed by atoms with Gasteiger partial charge in [0.25, 0.3) is 0 Å². The molecule has 0 bridgehead atoms. The number of carboxylic acids is 1. The van der Waals surface area contributed by atoms with Crippen molar-refractivity contribution in [2.75, 3.05) is 6.54 Å². The van der Waals surface area contributed by atoms with E-state index < -0.39 is 16.0 Å². The summed E-state index contributed by atoms with van der Waals surface area (Å²) in [5.41, 5.74) is 0.821. The molecule has 0 heterocycles. The highest BCUT2D eigenvalue weighted by atomic mass is 32.2. The number of hydrogen-bond donors (Lipinski definition) is 2. The minimum atomic E-state index is -3.45. The van der Waals surface area contributed by atoms with Gasteiger partial charge in [-0.1, -0.05) is 19.1 Å². The number of aliphatic carboxylic acids is 1. The molecule has 0 aliphatic heterocycles. The second kappa shape index (κ2) is 5.93. The summed E-state index contributed by atoms with van der Waals surface area (Å²) in [6.07, 6.45) is 1.53. The van der Waals surface area contributed by atoms with E-state index in [0.29, 0.717) is 24.8 Å². The van der Waals surface area contributed by atoms with Gasteiger partial charge in [0, 0.05) is 13.0 Å². The Balaban J connectivity index is 1.95. The van der Waals surface area contributed by atoms with E-state index in [1.807, 2.05) is 0 Å². The number of rotatable bonds is 7. The van der Waals surface area contributed by atoms with Crippen LogP contribution in [-0.4, -0.2) is 26.0 Å². The summed E-state index contributed by atoms with van der Waals surface area (Å²) < 4.78 is 26.7. The molecular weight excluding hydrogens is 278 g/mol. The van der Waals surface area contributed by atoms with Crippen LogP contribution in [-0.2, 0) is 21.2 Å². The van der Waals surface area contributed by atoms with E-state index in [2.05, 4.69) is 11.6 Å². The van der Waals surface area contributed by atoms with Crippen LogP contribution in [0.25, 0.3) is 0 Å². The Bertz CT molecular complexity index is 580. The molecule has 1 saturated carbocycles. The number of nitrogens with one attached hydrogen (secondary N) is 1. The van der Waals surface area contributed by atoms with Crippen LogP contribution in [0.2, 0.25) is 0 Å². The lowest BCUT2D eigenvalue weighted by atomic mass is 10.1. The van der Waals surface area contributed by atoms with Crippen LogP contribution >= 0.6 is 0 Å². The van der Waals surface area contributed by atoms with E-state index >= 15 is 0 Å². The Labute approximate surface area is 119 Å². The summed E-state index contributed by atoms with van der Waals surface area (Å²) in [7, 11) is -3.45. The van der Waals surface area contributed by atoms with Crippen LogP contribution in [0.1, 0.15) is 25.3 Å². The fourth-order valence-electron chi connectivity index (χ4n) is 2.07. The van der Waals surface area contributed by atoms with Gasteiger partial charge in [0.1, 0.15) is 0 Å². The van der Waals surface area contributed by atoms with Gasteiger partial charge in [0.05, 0.1) is 4.90 Å². The normalized spacial score (nSPS) is 21.6. The molecule has 0 amide bonds. The third-order valence-corrected chi connectivity index (χ3v) is 5.11. The smallest absolute Gasteiger partial charge is 0.303 e. The van der Waals surface area contributed by atoms with Crippen LogP contribution in [0.15, 0.2) is 29.2 Å². The van der Waals surface area contributed by atoms with Crippen LogP contribution in [0.4, 0.5) is 0 Å².